The van der Waals surface area contributed by atoms with Gasteiger partial charge in [-0.2, -0.15) is 0 Å². The third-order valence-electron chi connectivity index (χ3n) is 2.86. The molecule has 1 aliphatic heterocycles. The zero-order valence-corrected chi connectivity index (χ0v) is 10.7. The second kappa shape index (κ2) is 8.44. The molecule has 1 amide bonds. The number of nitrogens with zero attached hydrogens (tertiary/aromatic N) is 1. The van der Waals surface area contributed by atoms with Crippen molar-refractivity contribution in [3.8, 4) is 0 Å². The summed E-state index contributed by atoms with van der Waals surface area (Å²) in [6.45, 7) is 6.55. The molecule has 0 aromatic heterocycles. The monoisotopic (exact) mass is 244 g/mol. The van der Waals surface area contributed by atoms with Gasteiger partial charge in [0.15, 0.2) is 0 Å². The van der Waals surface area contributed by atoms with Crippen LogP contribution in [0.25, 0.3) is 0 Å². The molecule has 1 unspecified atom stereocenters. The highest BCUT2D eigenvalue weighted by atomic mass is 16.5. The fraction of sp³-hybridized carbons (Fsp3) is 0.917. The van der Waals surface area contributed by atoms with Crippen molar-refractivity contribution in [2.75, 3.05) is 39.5 Å². The number of aliphatic hydroxyl groups is 1. The normalized spacial score (nSPS) is 18.9. The van der Waals surface area contributed by atoms with Crippen LogP contribution in [-0.2, 0) is 9.53 Å². The van der Waals surface area contributed by atoms with Crippen molar-refractivity contribution in [1.29, 1.82) is 0 Å². The van der Waals surface area contributed by atoms with Crippen LogP contribution in [0.5, 0.6) is 0 Å². The molecular formula is C12H24N2O3. The van der Waals surface area contributed by atoms with Crippen LogP contribution in [-0.4, -0.2) is 61.4 Å². The lowest BCUT2D eigenvalue weighted by Gasteiger charge is -2.29. The number of carbonyl (C=O) groups is 1. The number of amides is 1. The van der Waals surface area contributed by atoms with Gasteiger partial charge in [-0.1, -0.05) is 0 Å². The first-order valence-corrected chi connectivity index (χ1v) is 6.42. The Balaban J connectivity index is 2.10. The first kappa shape index (κ1) is 14.4. The Morgan fingerprint density at radius 3 is 2.76 bits per heavy atom. The topological polar surface area (TPSA) is 61.8 Å². The summed E-state index contributed by atoms with van der Waals surface area (Å²) < 4.78 is 5.28. The van der Waals surface area contributed by atoms with E-state index in [0.717, 1.165) is 39.3 Å². The van der Waals surface area contributed by atoms with Crippen LogP contribution in [0.1, 0.15) is 26.2 Å². The number of nitrogens with one attached hydrogen (secondary N) is 1. The number of hydrogen-bond acceptors (Lipinski definition) is 4. The van der Waals surface area contributed by atoms with Crippen molar-refractivity contribution < 1.29 is 14.6 Å². The van der Waals surface area contributed by atoms with E-state index in [-0.39, 0.29) is 18.6 Å². The number of unbranched alkanes of at least 4 members (excludes halogenated alkanes) is 1. The van der Waals surface area contributed by atoms with Gasteiger partial charge in [-0.3, -0.25) is 9.69 Å². The van der Waals surface area contributed by atoms with Gasteiger partial charge in [0.1, 0.15) is 0 Å². The average Bonchev–Trinajstić information content (AvgIpc) is 2.30. The Morgan fingerprint density at radius 1 is 1.41 bits per heavy atom. The van der Waals surface area contributed by atoms with Gasteiger partial charge in [0.2, 0.25) is 5.91 Å². The van der Waals surface area contributed by atoms with Gasteiger partial charge in [-0.05, 0) is 19.8 Å². The lowest BCUT2D eigenvalue weighted by molar-refractivity contribution is -0.122. The summed E-state index contributed by atoms with van der Waals surface area (Å²) >= 11 is 0. The maximum atomic E-state index is 11.5. The predicted octanol–water partition coefficient (Wildman–Crippen LogP) is -0.0141. The molecule has 0 aliphatic carbocycles. The van der Waals surface area contributed by atoms with Crippen LogP contribution in [0.4, 0.5) is 0 Å². The van der Waals surface area contributed by atoms with Crippen molar-refractivity contribution in [3.05, 3.63) is 0 Å². The van der Waals surface area contributed by atoms with Crippen LogP contribution >= 0.6 is 0 Å². The van der Waals surface area contributed by atoms with E-state index in [1.165, 1.54) is 0 Å². The van der Waals surface area contributed by atoms with Crippen molar-refractivity contribution in [2.24, 2.45) is 0 Å². The molecule has 1 fully saturated rings. The molecule has 5 nitrogen and oxygen atoms in total. The number of rotatable bonds is 7. The second-order valence-corrected chi connectivity index (χ2v) is 4.56. The summed E-state index contributed by atoms with van der Waals surface area (Å²) in [7, 11) is 0. The highest BCUT2D eigenvalue weighted by molar-refractivity contribution is 5.76. The summed E-state index contributed by atoms with van der Waals surface area (Å²) in [5.74, 6) is 0.0826. The largest absolute Gasteiger partial charge is 0.396 e. The van der Waals surface area contributed by atoms with E-state index < -0.39 is 0 Å². The van der Waals surface area contributed by atoms with Gasteiger partial charge in [-0.15, -0.1) is 0 Å². The minimum Gasteiger partial charge on any atom is -0.396 e. The first-order valence-electron chi connectivity index (χ1n) is 6.42. The predicted molar refractivity (Wildman–Crippen MR) is 65.8 cm³/mol. The Hall–Kier alpha value is -0.650. The van der Waals surface area contributed by atoms with Gasteiger partial charge in [0.05, 0.1) is 13.2 Å². The Labute approximate surface area is 103 Å². The lowest BCUT2D eigenvalue weighted by atomic mass is 10.2. The van der Waals surface area contributed by atoms with Crippen LogP contribution in [0.3, 0.4) is 0 Å². The summed E-state index contributed by atoms with van der Waals surface area (Å²) in [4.78, 5) is 13.8. The molecule has 0 saturated carbocycles. The van der Waals surface area contributed by atoms with Gasteiger partial charge in [0.25, 0.3) is 0 Å². The molecule has 1 heterocycles. The Bertz CT molecular complexity index is 218. The minimum absolute atomic E-state index is 0.0826. The quantitative estimate of drug-likeness (QED) is 0.618. The highest BCUT2D eigenvalue weighted by Crippen LogP contribution is 2.00. The number of morpholine rings is 1. The van der Waals surface area contributed by atoms with Gasteiger partial charge >= 0.3 is 0 Å². The number of carbonyl (C=O) groups excluding carboxylic acids is 1. The zero-order chi connectivity index (χ0) is 12.5. The number of aliphatic hydroxyl groups excluding tert-OH is 1. The van der Waals surface area contributed by atoms with E-state index in [1.807, 2.05) is 6.92 Å². The van der Waals surface area contributed by atoms with Crippen LogP contribution in [0.15, 0.2) is 0 Å². The number of hydrogen-bond donors (Lipinski definition) is 2. The average molecular weight is 244 g/mol. The van der Waals surface area contributed by atoms with E-state index in [1.54, 1.807) is 0 Å². The van der Waals surface area contributed by atoms with Gasteiger partial charge in [-0.25, -0.2) is 0 Å². The van der Waals surface area contributed by atoms with Crippen molar-refractivity contribution in [1.82, 2.24) is 10.2 Å². The van der Waals surface area contributed by atoms with Crippen LogP contribution in [0.2, 0.25) is 0 Å². The molecule has 1 saturated heterocycles. The molecule has 17 heavy (non-hydrogen) atoms. The van der Waals surface area contributed by atoms with E-state index >= 15 is 0 Å². The first-order chi connectivity index (χ1) is 8.22. The summed E-state index contributed by atoms with van der Waals surface area (Å²) in [6, 6.07) is 0.176. The maximum absolute atomic E-state index is 11.5. The fourth-order valence-corrected chi connectivity index (χ4v) is 1.96. The molecule has 0 bridgehead atoms. The maximum Gasteiger partial charge on any atom is 0.220 e. The molecule has 100 valence electrons. The summed E-state index contributed by atoms with van der Waals surface area (Å²) in [6.07, 6.45) is 1.96. The highest BCUT2D eigenvalue weighted by Gasteiger charge is 2.14. The third-order valence-corrected chi connectivity index (χ3v) is 2.86. The minimum atomic E-state index is 0.0826. The molecule has 2 N–H and O–H groups in total. The molecular weight excluding hydrogens is 220 g/mol. The van der Waals surface area contributed by atoms with E-state index in [0.29, 0.717) is 12.8 Å². The summed E-state index contributed by atoms with van der Waals surface area (Å²) in [5.41, 5.74) is 0. The van der Waals surface area contributed by atoms with E-state index in [9.17, 15) is 4.79 Å². The summed E-state index contributed by atoms with van der Waals surface area (Å²) in [5, 5.41) is 11.6. The van der Waals surface area contributed by atoms with Gasteiger partial charge < -0.3 is 15.2 Å². The third kappa shape index (κ3) is 6.61. The molecule has 1 atom stereocenters. The standard InChI is InChI=1S/C12H24N2O3/c1-11(10-14-5-8-17-9-6-14)13-12(16)4-2-3-7-15/h11,15H,2-10H2,1H3,(H,13,16). The second-order valence-electron chi connectivity index (χ2n) is 4.56. The molecule has 0 aromatic rings. The van der Waals surface area contributed by atoms with Crippen molar-refractivity contribution in [2.45, 2.75) is 32.2 Å². The smallest absolute Gasteiger partial charge is 0.220 e. The Kier molecular flexibility index (Phi) is 7.16. The fourth-order valence-electron chi connectivity index (χ4n) is 1.96. The van der Waals surface area contributed by atoms with Gasteiger partial charge in [0, 0.05) is 38.7 Å². The lowest BCUT2D eigenvalue weighted by Crippen LogP contribution is -2.45. The number of ether oxygens (including phenoxy) is 1. The Morgan fingerprint density at radius 2 is 2.12 bits per heavy atom. The molecule has 0 aromatic carbocycles. The van der Waals surface area contributed by atoms with Crippen LogP contribution < -0.4 is 5.32 Å². The zero-order valence-electron chi connectivity index (χ0n) is 10.7. The van der Waals surface area contributed by atoms with Crippen molar-refractivity contribution in [3.63, 3.8) is 0 Å². The molecule has 1 aliphatic rings. The molecule has 1 rings (SSSR count). The van der Waals surface area contributed by atoms with E-state index in [4.69, 9.17) is 9.84 Å². The SMILES string of the molecule is CC(CN1CCOCC1)NC(=O)CCCCO. The molecule has 0 radical (unpaired) electrons. The molecule has 0 spiro atoms. The van der Waals surface area contributed by atoms with E-state index in [2.05, 4.69) is 10.2 Å². The van der Waals surface area contributed by atoms with Crippen molar-refractivity contribution >= 4 is 5.91 Å². The van der Waals surface area contributed by atoms with Crippen LogP contribution in [0, 0.1) is 0 Å². The molecule has 5 heteroatoms.